The van der Waals surface area contributed by atoms with Crippen LogP contribution in [0.3, 0.4) is 0 Å². The molecule has 0 bridgehead atoms. The van der Waals surface area contributed by atoms with Crippen molar-refractivity contribution in [2.45, 2.75) is 0 Å². The standard InChI is InChI=1S/C28H22N8O2/c29-35-31-15-17-37-23-9-3-19(4-10-23)25-13-7-21-1-2-22-8-14-26(34-28(22)27(21)33-25)20-5-11-24(12-6-20)38-18-16-32-36-30/h1-14H,15-18H2. The summed E-state index contributed by atoms with van der Waals surface area (Å²) in [6.45, 7) is 1.21. The van der Waals surface area contributed by atoms with E-state index in [1.165, 1.54) is 0 Å². The average molecular weight is 503 g/mol. The third-order valence-electron chi connectivity index (χ3n) is 5.87. The molecular weight excluding hydrogens is 480 g/mol. The van der Waals surface area contributed by atoms with Gasteiger partial charge in [0.15, 0.2) is 0 Å². The van der Waals surface area contributed by atoms with Crippen molar-refractivity contribution in [2.24, 2.45) is 10.2 Å². The first-order chi connectivity index (χ1) is 18.7. The zero-order chi connectivity index (χ0) is 26.2. The fourth-order valence-electron chi connectivity index (χ4n) is 4.03. The van der Waals surface area contributed by atoms with Crippen LogP contribution >= 0.6 is 0 Å². The summed E-state index contributed by atoms with van der Waals surface area (Å²) in [6.07, 6.45) is 0. The molecule has 5 aromatic rings. The van der Waals surface area contributed by atoms with E-state index < -0.39 is 0 Å². The molecule has 0 unspecified atom stereocenters. The van der Waals surface area contributed by atoms with Crippen molar-refractivity contribution in [3.63, 3.8) is 0 Å². The molecule has 0 radical (unpaired) electrons. The first-order valence-electron chi connectivity index (χ1n) is 11.9. The lowest BCUT2D eigenvalue weighted by Crippen LogP contribution is -2.00. The molecule has 10 heteroatoms. The second-order valence-electron chi connectivity index (χ2n) is 8.26. The normalized spacial score (nSPS) is 10.5. The molecule has 38 heavy (non-hydrogen) atoms. The molecule has 0 amide bonds. The number of fused-ring (bicyclic) bond motifs is 3. The van der Waals surface area contributed by atoms with Crippen LogP contribution in [0.2, 0.25) is 0 Å². The summed E-state index contributed by atoms with van der Waals surface area (Å²) in [5, 5.41) is 8.96. The molecule has 0 aliphatic carbocycles. The van der Waals surface area contributed by atoms with Crippen molar-refractivity contribution >= 4 is 21.8 Å². The van der Waals surface area contributed by atoms with Crippen LogP contribution in [0.1, 0.15) is 0 Å². The molecule has 0 spiro atoms. The van der Waals surface area contributed by atoms with Gasteiger partial charge in [-0.2, -0.15) is 0 Å². The molecule has 186 valence electrons. The lowest BCUT2D eigenvalue weighted by molar-refractivity contribution is 0.328. The lowest BCUT2D eigenvalue weighted by atomic mass is 10.1. The minimum atomic E-state index is 0.281. The molecule has 0 N–H and O–H groups in total. The van der Waals surface area contributed by atoms with Crippen molar-refractivity contribution in [3.05, 3.63) is 106 Å². The molecule has 0 atom stereocenters. The Labute approximate surface area is 217 Å². The number of aromatic nitrogens is 2. The van der Waals surface area contributed by atoms with Crippen LogP contribution in [0.25, 0.3) is 65.2 Å². The lowest BCUT2D eigenvalue weighted by Gasteiger charge is -2.09. The average Bonchev–Trinajstić information content (AvgIpc) is 2.97. The Kier molecular flexibility index (Phi) is 7.46. The van der Waals surface area contributed by atoms with E-state index in [1.54, 1.807) is 0 Å². The monoisotopic (exact) mass is 502 g/mol. The van der Waals surface area contributed by atoms with Gasteiger partial charge < -0.3 is 9.47 Å². The van der Waals surface area contributed by atoms with E-state index in [9.17, 15) is 0 Å². The third kappa shape index (κ3) is 5.57. The van der Waals surface area contributed by atoms with E-state index in [2.05, 4.69) is 44.3 Å². The van der Waals surface area contributed by atoms with Crippen LogP contribution in [-0.4, -0.2) is 36.3 Å². The van der Waals surface area contributed by atoms with Crippen LogP contribution in [0, 0.1) is 0 Å². The molecule has 2 heterocycles. The summed E-state index contributed by atoms with van der Waals surface area (Å²) in [4.78, 5) is 15.4. The molecule has 3 aromatic carbocycles. The highest BCUT2D eigenvalue weighted by atomic mass is 16.5. The fraction of sp³-hybridized carbons (Fsp3) is 0.143. The predicted molar refractivity (Wildman–Crippen MR) is 147 cm³/mol. The van der Waals surface area contributed by atoms with E-state index in [1.807, 2.05) is 60.7 Å². The summed E-state index contributed by atoms with van der Waals surface area (Å²) < 4.78 is 11.2. The van der Waals surface area contributed by atoms with Crippen LogP contribution in [0.4, 0.5) is 0 Å². The van der Waals surface area contributed by atoms with Crippen molar-refractivity contribution in [3.8, 4) is 34.0 Å². The molecule has 0 aliphatic heterocycles. The van der Waals surface area contributed by atoms with Crippen LogP contribution in [0.5, 0.6) is 11.5 Å². The summed E-state index contributed by atoms with van der Waals surface area (Å²) in [7, 11) is 0. The number of azide groups is 2. The highest BCUT2D eigenvalue weighted by molar-refractivity contribution is 6.04. The molecule has 0 aliphatic rings. The van der Waals surface area contributed by atoms with Gasteiger partial charge in [0.25, 0.3) is 0 Å². The van der Waals surface area contributed by atoms with Crippen LogP contribution in [-0.2, 0) is 0 Å². The van der Waals surface area contributed by atoms with Crippen molar-refractivity contribution in [1.82, 2.24) is 9.97 Å². The van der Waals surface area contributed by atoms with E-state index in [0.717, 1.165) is 44.3 Å². The first kappa shape index (κ1) is 24.4. The topological polar surface area (TPSA) is 142 Å². The second kappa shape index (κ2) is 11.6. The van der Waals surface area contributed by atoms with Gasteiger partial charge in [-0.25, -0.2) is 9.97 Å². The summed E-state index contributed by atoms with van der Waals surface area (Å²) in [5.41, 5.74) is 22.0. The van der Waals surface area contributed by atoms with Gasteiger partial charge in [-0.05, 0) is 71.7 Å². The summed E-state index contributed by atoms with van der Waals surface area (Å²) >= 11 is 0. The van der Waals surface area contributed by atoms with Gasteiger partial charge in [-0.3, -0.25) is 0 Å². The van der Waals surface area contributed by atoms with Crippen LogP contribution in [0.15, 0.2) is 95.2 Å². The molecule has 0 saturated carbocycles. The molecule has 0 fully saturated rings. The number of hydrogen-bond donors (Lipinski definition) is 0. The van der Waals surface area contributed by atoms with Crippen molar-refractivity contribution < 1.29 is 9.47 Å². The quantitative estimate of drug-likeness (QED) is 0.0640. The smallest absolute Gasteiger partial charge is 0.119 e. The van der Waals surface area contributed by atoms with E-state index in [4.69, 9.17) is 30.5 Å². The highest BCUT2D eigenvalue weighted by Crippen LogP contribution is 2.29. The zero-order valence-corrected chi connectivity index (χ0v) is 20.3. The Morgan fingerprint density at radius 3 is 1.34 bits per heavy atom. The number of benzene rings is 3. The van der Waals surface area contributed by atoms with E-state index in [0.29, 0.717) is 24.7 Å². The Morgan fingerprint density at radius 2 is 0.947 bits per heavy atom. The van der Waals surface area contributed by atoms with Gasteiger partial charge in [0.05, 0.1) is 48.7 Å². The molecule has 10 nitrogen and oxygen atoms in total. The van der Waals surface area contributed by atoms with E-state index in [-0.39, 0.29) is 13.1 Å². The number of pyridine rings is 2. The Balaban J connectivity index is 1.42. The van der Waals surface area contributed by atoms with Gasteiger partial charge >= 0.3 is 0 Å². The Morgan fingerprint density at radius 1 is 0.553 bits per heavy atom. The molecule has 2 aromatic heterocycles. The third-order valence-corrected chi connectivity index (χ3v) is 5.87. The maximum atomic E-state index is 8.37. The predicted octanol–water partition coefficient (Wildman–Crippen LogP) is 7.50. The Hall–Kier alpha value is -5.30. The van der Waals surface area contributed by atoms with Gasteiger partial charge in [0, 0.05) is 31.7 Å². The van der Waals surface area contributed by atoms with Gasteiger partial charge in [-0.1, -0.05) is 34.5 Å². The fourth-order valence-corrected chi connectivity index (χ4v) is 4.03. The molecule has 0 saturated heterocycles. The minimum Gasteiger partial charge on any atom is -0.493 e. The number of ether oxygens (including phenoxy) is 2. The Bertz CT molecular complexity index is 1550. The van der Waals surface area contributed by atoms with Crippen LogP contribution < -0.4 is 9.47 Å². The summed E-state index contributed by atoms with van der Waals surface area (Å²) in [5.74, 6) is 1.40. The van der Waals surface area contributed by atoms with Crippen molar-refractivity contribution in [1.29, 1.82) is 0 Å². The van der Waals surface area contributed by atoms with Gasteiger partial charge in [0.1, 0.15) is 11.5 Å². The number of hydrogen-bond acceptors (Lipinski definition) is 6. The molecular formula is C28H22N8O2. The zero-order valence-electron chi connectivity index (χ0n) is 20.3. The summed E-state index contributed by atoms with van der Waals surface area (Å²) in [6, 6.07) is 27.5. The highest BCUT2D eigenvalue weighted by Gasteiger charge is 2.09. The largest absolute Gasteiger partial charge is 0.493 e. The number of nitrogens with zero attached hydrogens (tertiary/aromatic N) is 8. The first-order valence-corrected chi connectivity index (χ1v) is 11.9. The van der Waals surface area contributed by atoms with E-state index >= 15 is 0 Å². The molecule has 5 rings (SSSR count). The second-order valence-corrected chi connectivity index (χ2v) is 8.26. The maximum absolute atomic E-state index is 8.37. The van der Waals surface area contributed by atoms with Gasteiger partial charge in [-0.15, -0.1) is 0 Å². The minimum absolute atomic E-state index is 0.281. The number of rotatable bonds is 10. The van der Waals surface area contributed by atoms with Crippen molar-refractivity contribution in [2.75, 3.05) is 26.3 Å². The van der Waals surface area contributed by atoms with Gasteiger partial charge in [0.2, 0.25) is 0 Å². The maximum Gasteiger partial charge on any atom is 0.119 e. The SMILES string of the molecule is [N-]=[N+]=NCCOc1ccc(-c2ccc3ccc4ccc(-c5ccc(OCCN=[N+]=[N-])cc5)nc4c3n2)cc1.